The Balaban J connectivity index is 1.84. The molecule has 1 atom stereocenters. The Labute approximate surface area is 117 Å². The third-order valence-corrected chi connectivity index (χ3v) is 3.58. The van der Waals surface area contributed by atoms with Crippen LogP contribution in [0.3, 0.4) is 0 Å². The molecule has 1 N–H and O–H groups in total. The van der Waals surface area contributed by atoms with Crippen LogP contribution in [-0.2, 0) is 11.3 Å². The first kappa shape index (κ1) is 12.9. The lowest BCUT2D eigenvalue weighted by molar-refractivity contribution is 0.181. The predicted octanol–water partition coefficient (Wildman–Crippen LogP) is 1.11. The molecule has 0 spiro atoms. The van der Waals surface area contributed by atoms with E-state index in [0.29, 0.717) is 11.6 Å². The Hall–Kier alpha value is -2.08. The van der Waals surface area contributed by atoms with Gasteiger partial charge in [0.2, 0.25) is 0 Å². The Kier molecular flexibility index (Phi) is 3.56. The van der Waals surface area contributed by atoms with Gasteiger partial charge in [0.05, 0.1) is 18.5 Å². The highest BCUT2D eigenvalue weighted by Gasteiger charge is 2.16. The summed E-state index contributed by atoms with van der Waals surface area (Å²) < 4.78 is 8.85. The molecular formula is C14H18N4O2. The van der Waals surface area contributed by atoms with Crippen LogP contribution in [0.2, 0.25) is 0 Å². The highest BCUT2D eigenvalue weighted by atomic mass is 16.5. The van der Waals surface area contributed by atoms with Crippen molar-refractivity contribution >= 4 is 5.69 Å². The highest BCUT2D eigenvalue weighted by Crippen LogP contribution is 2.15. The minimum absolute atomic E-state index is 0.0706. The lowest BCUT2D eigenvalue weighted by atomic mass is 10.1. The third-order valence-electron chi connectivity index (χ3n) is 3.58. The quantitative estimate of drug-likeness (QED) is 0.907. The van der Waals surface area contributed by atoms with Gasteiger partial charge in [-0.2, -0.15) is 5.10 Å². The average molecular weight is 274 g/mol. The summed E-state index contributed by atoms with van der Waals surface area (Å²) in [6.07, 6.45) is 6.45. The maximum Gasteiger partial charge on any atom is 0.278 e. The summed E-state index contributed by atoms with van der Waals surface area (Å²) >= 11 is 0. The van der Waals surface area contributed by atoms with Gasteiger partial charge in [-0.15, -0.1) is 0 Å². The number of hydrogen-bond donors (Lipinski definition) is 1. The molecule has 0 aromatic carbocycles. The smallest absolute Gasteiger partial charge is 0.278 e. The van der Waals surface area contributed by atoms with Crippen molar-refractivity contribution in [2.45, 2.75) is 13.0 Å². The first-order chi connectivity index (χ1) is 9.78. The number of aromatic nitrogens is 3. The Morgan fingerprint density at radius 1 is 1.55 bits per heavy atom. The van der Waals surface area contributed by atoms with Crippen molar-refractivity contribution in [3.8, 4) is 5.69 Å². The van der Waals surface area contributed by atoms with Gasteiger partial charge in [-0.05, 0) is 18.6 Å². The summed E-state index contributed by atoms with van der Waals surface area (Å²) in [4.78, 5) is 12.2. The summed E-state index contributed by atoms with van der Waals surface area (Å²) in [5.41, 5.74) is 1.29. The number of hydrogen-bond acceptors (Lipinski definition) is 4. The molecule has 106 valence electrons. The molecule has 2 aromatic heterocycles. The van der Waals surface area contributed by atoms with Gasteiger partial charge in [0, 0.05) is 38.5 Å². The number of anilines is 1. The SMILES string of the molecule is CNc1cccn(-c2cnn(C[C@@H]3CCOC3)c2)c1=O. The molecule has 20 heavy (non-hydrogen) atoms. The highest BCUT2D eigenvalue weighted by molar-refractivity contribution is 5.42. The molecule has 0 radical (unpaired) electrons. The second-order valence-corrected chi connectivity index (χ2v) is 5.00. The van der Waals surface area contributed by atoms with Gasteiger partial charge in [0.1, 0.15) is 5.69 Å². The number of ether oxygens (including phenoxy) is 1. The third kappa shape index (κ3) is 2.46. The molecular weight excluding hydrogens is 256 g/mol. The fourth-order valence-corrected chi connectivity index (χ4v) is 2.46. The molecule has 0 bridgehead atoms. The second-order valence-electron chi connectivity index (χ2n) is 5.00. The lowest BCUT2D eigenvalue weighted by Crippen LogP contribution is -2.20. The molecule has 0 unspecified atom stereocenters. The van der Waals surface area contributed by atoms with Crippen molar-refractivity contribution in [1.82, 2.24) is 14.3 Å². The first-order valence-electron chi connectivity index (χ1n) is 6.78. The molecule has 3 rings (SSSR count). The summed E-state index contributed by atoms with van der Waals surface area (Å²) in [6, 6.07) is 3.61. The standard InChI is InChI=1S/C14H18N4O2/c1-15-13-3-2-5-18(14(13)19)12-7-16-17(9-12)8-11-4-6-20-10-11/h2-3,5,7,9,11,15H,4,6,8,10H2,1H3/t11-/m0/s1. The number of rotatable bonds is 4. The van der Waals surface area contributed by atoms with E-state index < -0.39 is 0 Å². The van der Waals surface area contributed by atoms with Crippen molar-refractivity contribution in [1.29, 1.82) is 0 Å². The zero-order chi connectivity index (χ0) is 13.9. The fourth-order valence-electron chi connectivity index (χ4n) is 2.46. The molecule has 1 saturated heterocycles. The van der Waals surface area contributed by atoms with E-state index in [-0.39, 0.29) is 5.56 Å². The fraction of sp³-hybridized carbons (Fsp3) is 0.429. The van der Waals surface area contributed by atoms with E-state index >= 15 is 0 Å². The van der Waals surface area contributed by atoms with Gasteiger partial charge >= 0.3 is 0 Å². The van der Waals surface area contributed by atoms with E-state index in [4.69, 9.17) is 4.74 Å². The van der Waals surface area contributed by atoms with Crippen molar-refractivity contribution in [2.75, 3.05) is 25.6 Å². The summed E-state index contributed by atoms with van der Waals surface area (Å²) in [7, 11) is 1.74. The van der Waals surface area contributed by atoms with E-state index in [9.17, 15) is 4.79 Å². The van der Waals surface area contributed by atoms with Crippen LogP contribution in [0.15, 0.2) is 35.5 Å². The molecule has 0 amide bonds. The van der Waals surface area contributed by atoms with Crippen LogP contribution in [0.4, 0.5) is 5.69 Å². The Bertz CT molecular complexity index is 641. The van der Waals surface area contributed by atoms with Crippen molar-refractivity contribution in [3.05, 3.63) is 41.1 Å². The predicted molar refractivity (Wildman–Crippen MR) is 76.3 cm³/mol. The summed E-state index contributed by atoms with van der Waals surface area (Å²) in [6.45, 7) is 2.47. The zero-order valence-corrected chi connectivity index (χ0v) is 11.5. The van der Waals surface area contributed by atoms with Gasteiger partial charge in [0.25, 0.3) is 5.56 Å². The monoisotopic (exact) mass is 274 g/mol. The summed E-state index contributed by atoms with van der Waals surface area (Å²) in [5.74, 6) is 0.517. The Morgan fingerprint density at radius 2 is 2.45 bits per heavy atom. The molecule has 0 saturated carbocycles. The van der Waals surface area contributed by atoms with Crippen LogP contribution in [0.25, 0.3) is 5.69 Å². The maximum atomic E-state index is 12.2. The van der Waals surface area contributed by atoms with Gasteiger partial charge in [-0.1, -0.05) is 0 Å². The molecule has 1 aliphatic rings. The average Bonchev–Trinajstić information content (AvgIpc) is 3.11. The lowest BCUT2D eigenvalue weighted by Gasteiger charge is -2.07. The van der Waals surface area contributed by atoms with Crippen molar-refractivity contribution in [3.63, 3.8) is 0 Å². The molecule has 6 heteroatoms. The van der Waals surface area contributed by atoms with E-state index in [2.05, 4.69) is 10.4 Å². The van der Waals surface area contributed by atoms with Crippen molar-refractivity contribution in [2.24, 2.45) is 5.92 Å². The van der Waals surface area contributed by atoms with Gasteiger partial charge < -0.3 is 10.1 Å². The van der Waals surface area contributed by atoms with Crippen molar-refractivity contribution < 1.29 is 4.74 Å². The number of nitrogens with one attached hydrogen (secondary N) is 1. The van der Waals surface area contributed by atoms with Crippen LogP contribution < -0.4 is 10.9 Å². The second kappa shape index (κ2) is 5.50. The molecule has 2 aromatic rings. The topological polar surface area (TPSA) is 61.1 Å². The molecule has 6 nitrogen and oxygen atoms in total. The van der Waals surface area contributed by atoms with E-state index in [1.165, 1.54) is 0 Å². The first-order valence-corrected chi connectivity index (χ1v) is 6.78. The minimum atomic E-state index is -0.0706. The molecule has 1 aliphatic heterocycles. The molecule has 0 aliphatic carbocycles. The van der Waals surface area contributed by atoms with Crippen LogP contribution in [0.5, 0.6) is 0 Å². The largest absolute Gasteiger partial charge is 0.384 e. The van der Waals surface area contributed by atoms with E-state index in [1.54, 1.807) is 30.1 Å². The Morgan fingerprint density at radius 3 is 3.20 bits per heavy atom. The van der Waals surface area contributed by atoms with Crippen LogP contribution >= 0.6 is 0 Å². The van der Waals surface area contributed by atoms with Crippen LogP contribution in [0.1, 0.15) is 6.42 Å². The minimum Gasteiger partial charge on any atom is -0.384 e. The maximum absolute atomic E-state index is 12.2. The van der Waals surface area contributed by atoms with E-state index in [0.717, 1.165) is 31.9 Å². The normalized spacial score (nSPS) is 18.4. The van der Waals surface area contributed by atoms with Crippen LogP contribution in [0, 0.1) is 5.92 Å². The van der Waals surface area contributed by atoms with Gasteiger partial charge in [-0.25, -0.2) is 0 Å². The summed E-state index contributed by atoms with van der Waals surface area (Å²) in [5, 5.41) is 7.23. The molecule has 3 heterocycles. The van der Waals surface area contributed by atoms with Gasteiger partial charge in [0.15, 0.2) is 0 Å². The number of nitrogens with zero attached hydrogens (tertiary/aromatic N) is 3. The van der Waals surface area contributed by atoms with Crippen LogP contribution in [-0.4, -0.2) is 34.6 Å². The van der Waals surface area contributed by atoms with Gasteiger partial charge in [-0.3, -0.25) is 14.0 Å². The number of pyridine rings is 1. The van der Waals surface area contributed by atoms with E-state index in [1.807, 2.05) is 16.9 Å². The molecule has 1 fully saturated rings. The zero-order valence-electron chi connectivity index (χ0n) is 11.5.